The van der Waals surface area contributed by atoms with E-state index < -0.39 is 5.97 Å². The molecule has 2 rings (SSSR count). The Morgan fingerprint density at radius 2 is 2.05 bits per heavy atom. The fourth-order valence-corrected chi connectivity index (χ4v) is 2.41. The summed E-state index contributed by atoms with van der Waals surface area (Å²) in [6.45, 7) is 4.01. The summed E-state index contributed by atoms with van der Waals surface area (Å²) < 4.78 is 7.08. The SMILES string of the molecule is CC(C)n1cc(N)cc1C(=O)OCc1ccc(Cl)cc1Cl. The third kappa shape index (κ3) is 3.71. The average molecular weight is 327 g/mol. The number of hydrogen-bond acceptors (Lipinski definition) is 3. The highest BCUT2D eigenvalue weighted by atomic mass is 35.5. The van der Waals surface area contributed by atoms with Crippen LogP contribution in [0.1, 0.15) is 35.9 Å². The van der Waals surface area contributed by atoms with Crippen LogP contribution in [0.25, 0.3) is 0 Å². The summed E-state index contributed by atoms with van der Waals surface area (Å²) in [6.07, 6.45) is 1.72. The topological polar surface area (TPSA) is 57.2 Å². The van der Waals surface area contributed by atoms with E-state index in [9.17, 15) is 4.79 Å². The number of carbonyl (C=O) groups excluding carboxylic acids is 1. The summed E-state index contributed by atoms with van der Waals surface area (Å²) >= 11 is 11.9. The van der Waals surface area contributed by atoms with E-state index in [2.05, 4.69) is 0 Å². The van der Waals surface area contributed by atoms with Crippen molar-refractivity contribution in [1.82, 2.24) is 4.57 Å². The number of aromatic nitrogens is 1. The third-order valence-electron chi connectivity index (χ3n) is 3.01. The van der Waals surface area contributed by atoms with Crippen molar-refractivity contribution in [3.8, 4) is 0 Å². The van der Waals surface area contributed by atoms with Gasteiger partial charge >= 0.3 is 5.97 Å². The van der Waals surface area contributed by atoms with Crippen molar-refractivity contribution in [2.24, 2.45) is 0 Å². The average Bonchev–Trinajstić information content (AvgIpc) is 2.80. The zero-order valence-corrected chi connectivity index (χ0v) is 13.3. The minimum atomic E-state index is -0.439. The fraction of sp³-hybridized carbons (Fsp3) is 0.267. The number of nitrogens with two attached hydrogens (primary N) is 1. The molecular formula is C15H16Cl2N2O2. The van der Waals surface area contributed by atoms with Crippen molar-refractivity contribution < 1.29 is 9.53 Å². The molecule has 0 saturated carbocycles. The molecule has 0 saturated heterocycles. The Bertz CT molecular complexity index is 666. The van der Waals surface area contributed by atoms with E-state index in [4.69, 9.17) is 33.7 Å². The maximum absolute atomic E-state index is 12.2. The van der Waals surface area contributed by atoms with E-state index in [1.807, 2.05) is 13.8 Å². The molecule has 6 heteroatoms. The normalized spacial score (nSPS) is 10.9. The number of nitrogen functional groups attached to an aromatic ring is 1. The molecule has 0 unspecified atom stereocenters. The molecule has 0 radical (unpaired) electrons. The Morgan fingerprint density at radius 3 is 2.67 bits per heavy atom. The molecule has 0 spiro atoms. The summed E-state index contributed by atoms with van der Waals surface area (Å²) in [5, 5.41) is 1.01. The zero-order chi connectivity index (χ0) is 15.6. The van der Waals surface area contributed by atoms with Crippen LogP contribution in [0.3, 0.4) is 0 Å². The summed E-state index contributed by atoms with van der Waals surface area (Å²) in [6, 6.07) is 6.76. The molecule has 2 aromatic rings. The summed E-state index contributed by atoms with van der Waals surface area (Å²) in [4.78, 5) is 12.2. The van der Waals surface area contributed by atoms with Gasteiger partial charge in [-0.25, -0.2) is 4.79 Å². The zero-order valence-electron chi connectivity index (χ0n) is 11.8. The number of nitrogens with zero attached hydrogens (tertiary/aromatic N) is 1. The fourth-order valence-electron chi connectivity index (χ4n) is 1.95. The van der Waals surface area contributed by atoms with Crippen molar-refractivity contribution in [3.05, 3.63) is 51.8 Å². The van der Waals surface area contributed by atoms with Crippen LogP contribution in [-0.4, -0.2) is 10.5 Å². The number of halogens is 2. The molecule has 1 heterocycles. The number of ether oxygens (including phenoxy) is 1. The van der Waals surface area contributed by atoms with Crippen molar-refractivity contribution in [3.63, 3.8) is 0 Å². The predicted molar refractivity (Wildman–Crippen MR) is 84.8 cm³/mol. The molecule has 0 aliphatic heterocycles. The van der Waals surface area contributed by atoms with Gasteiger partial charge in [-0.15, -0.1) is 0 Å². The quantitative estimate of drug-likeness (QED) is 0.851. The van der Waals surface area contributed by atoms with Crippen LogP contribution in [0.15, 0.2) is 30.5 Å². The Labute approximate surface area is 133 Å². The molecule has 21 heavy (non-hydrogen) atoms. The molecule has 4 nitrogen and oxygen atoms in total. The molecule has 112 valence electrons. The minimum absolute atomic E-state index is 0.0814. The number of benzene rings is 1. The highest BCUT2D eigenvalue weighted by Gasteiger charge is 2.16. The molecule has 0 atom stereocenters. The van der Waals surface area contributed by atoms with Crippen molar-refractivity contribution >= 4 is 34.9 Å². The first-order chi connectivity index (χ1) is 9.88. The second kappa shape index (κ2) is 6.41. The lowest BCUT2D eigenvalue weighted by Gasteiger charge is -2.12. The van der Waals surface area contributed by atoms with Crippen LogP contribution in [-0.2, 0) is 11.3 Å². The number of esters is 1. The van der Waals surface area contributed by atoms with Crippen LogP contribution < -0.4 is 5.73 Å². The lowest BCUT2D eigenvalue weighted by atomic mass is 10.2. The van der Waals surface area contributed by atoms with Gasteiger partial charge < -0.3 is 15.0 Å². The number of hydrogen-bond donors (Lipinski definition) is 1. The molecule has 0 bridgehead atoms. The van der Waals surface area contributed by atoms with Crippen LogP contribution in [0.2, 0.25) is 10.0 Å². The van der Waals surface area contributed by atoms with E-state index in [1.54, 1.807) is 35.0 Å². The first-order valence-corrected chi connectivity index (χ1v) is 7.22. The van der Waals surface area contributed by atoms with Gasteiger partial charge in [0.2, 0.25) is 0 Å². The van der Waals surface area contributed by atoms with Crippen molar-refractivity contribution in [1.29, 1.82) is 0 Å². The molecule has 0 fully saturated rings. The smallest absolute Gasteiger partial charge is 0.355 e. The van der Waals surface area contributed by atoms with Gasteiger partial charge in [0.15, 0.2) is 0 Å². The Balaban J connectivity index is 2.12. The Kier molecular flexibility index (Phi) is 4.80. The summed E-state index contributed by atoms with van der Waals surface area (Å²) in [7, 11) is 0. The molecule has 1 aromatic carbocycles. The van der Waals surface area contributed by atoms with E-state index in [0.717, 1.165) is 0 Å². The molecule has 0 aliphatic rings. The lowest BCUT2D eigenvalue weighted by molar-refractivity contribution is 0.0458. The van der Waals surface area contributed by atoms with Gasteiger partial charge in [-0.2, -0.15) is 0 Å². The largest absolute Gasteiger partial charge is 0.456 e. The van der Waals surface area contributed by atoms with Crippen LogP contribution in [0.5, 0.6) is 0 Å². The van der Waals surface area contributed by atoms with Gasteiger partial charge in [-0.05, 0) is 32.0 Å². The minimum Gasteiger partial charge on any atom is -0.456 e. The van der Waals surface area contributed by atoms with E-state index in [1.165, 1.54) is 0 Å². The van der Waals surface area contributed by atoms with Gasteiger partial charge in [-0.3, -0.25) is 0 Å². The highest BCUT2D eigenvalue weighted by Crippen LogP contribution is 2.23. The Morgan fingerprint density at radius 1 is 1.33 bits per heavy atom. The van der Waals surface area contributed by atoms with Crippen LogP contribution in [0.4, 0.5) is 5.69 Å². The maximum Gasteiger partial charge on any atom is 0.355 e. The standard InChI is InChI=1S/C15H16Cl2N2O2/c1-9(2)19-7-12(18)6-14(19)15(20)21-8-10-3-4-11(16)5-13(10)17/h3-7,9H,8,18H2,1-2H3. The molecule has 2 N–H and O–H groups in total. The van der Waals surface area contributed by atoms with Crippen LogP contribution in [0, 0.1) is 0 Å². The highest BCUT2D eigenvalue weighted by molar-refractivity contribution is 6.35. The van der Waals surface area contributed by atoms with E-state index >= 15 is 0 Å². The molecule has 1 aromatic heterocycles. The molecular weight excluding hydrogens is 311 g/mol. The predicted octanol–water partition coefficient (Wildman–Crippen LogP) is 4.32. The lowest BCUT2D eigenvalue weighted by Crippen LogP contribution is -2.13. The van der Waals surface area contributed by atoms with Gasteiger partial charge in [0.25, 0.3) is 0 Å². The van der Waals surface area contributed by atoms with Gasteiger partial charge in [-0.1, -0.05) is 29.3 Å². The third-order valence-corrected chi connectivity index (χ3v) is 3.60. The molecule has 0 amide bonds. The number of rotatable bonds is 4. The van der Waals surface area contributed by atoms with Gasteiger partial charge in [0, 0.05) is 27.8 Å². The first kappa shape index (κ1) is 15.7. The number of carbonyl (C=O) groups is 1. The second-order valence-corrected chi connectivity index (χ2v) is 5.82. The maximum atomic E-state index is 12.2. The monoisotopic (exact) mass is 326 g/mol. The van der Waals surface area contributed by atoms with Crippen LogP contribution >= 0.6 is 23.2 Å². The number of anilines is 1. The van der Waals surface area contributed by atoms with Crippen molar-refractivity contribution in [2.45, 2.75) is 26.5 Å². The summed E-state index contributed by atoms with van der Waals surface area (Å²) in [5.41, 5.74) is 7.39. The molecule has 0 aliphatic carbocycles. The Hall–Kier alpha value is -1.65. The van der Waals surface area contributed by atoms with Gasteiger partial charge in [0.05, 0.1) is 5.69 Å². The van der Waals surface area contributed by atoms with Crippen molar-refractivity contribution in [2.75, 3.05) is 5.73 Å². The van der Waals surface area contributed by atoms with E-state index in [-0.39, 0.29) is 12.6 Å². The first-order valence-electron chi connectivity index (χ1n) is 6.47. The van der Waals surface area contributed by atoms with E-state index in [0.29, 0.717) is 27.0 Å². The second-order valence-electron chi connectivity index (χ2n) is 4.97. The van der Waals surface area contributed by atoms with Gasteiger partial charge in [0.1, 0.15) is 12.3 Å². The summed E-state index contributed by atoms with van der Waals surface area (Å²) in [5.74, 6) is -0.439.